The molecule has 4 rings (SSSR count). The highest BCUT2D eigenvalue weighted by molar-refractivity contribution is 7.90. The van der Waals surface area contributed by atoms with Gasteiger partial charge in [0.05, 0.1) is 21.2 Å². The monoisotopic (exact) mass is 490 g/mol. The lowest BCUT2D eigenvalue weighted by Gasteiger charge is -2.13. The molecule has 9 heteroatoms. The largest absolute Gasteiger partial charge is 0.384 e. The number of aromatic nitrogens is 2. The van der Waals surface area contributed by atoms with E-state index in [1.807, 2.05) is 18.2 Å². The van der Waals surface area contributed by atoms with Crippen LogP contribution in [-0.4, -0.2) is 29.6 Å². The molecule has 4 aromatic rings. The van der Waals surface area contributed by atoms with Crippen LogP contribution in [0.3, 0.4) is 0 Å². The first-order valence-electron chi connectivity index (χ1n) is 9.62. The molecule has 0 spiro atoms. The minimum atomic E-state index is -3.33. The van der Waals surface area contributed by atoms with Crippen LogP contribution in [0.5, 0.6) is 0 Å². The lowest BCUT2D eigenvalue weighted by atomic mass is 10.1. The van der Waals surface area contributed by atoms with E-state index in [0.29, 0.717) is 16.4 Å². The molecule has 0 radical (unpaired) electrons. The standard InChI is InChI=1S/C23H20ClFN2O3S2/c1-23(2,28)22-13-19(27(26-22)18-12-15(24)7-8-17(18)25)21-10-9-20(31-21)14-5-4-6-16(11-14)32(3,29)30/h4-13,28H,1-3H3. The van der Waals surface area contributed by atoms with Gasteiger partial charge in [-0.3, -0.25) is 0 Å². The summed E-state index contributed by atoms with van der Waals surface area (Å²) in [7, 11) is -3.33. The lowest BCUT2D eigenvalue weighted by Crippen LogP contribution is -2.16. The van der Waals surface area contributed by atoms with E-state index in [9.17, 15) is 17.9 Å². The van der Waals surface area contributed by atoms with Crippen molar-refractivity contribution >= 4 is 32.8 Å². The Morgan fingerprint density at radius 3 is 2.47 bits per heavy atom. The van der Waals surface area contributed by atoms with Gasteiger partial charge >= 0.3 is 0 Å². The smallest absolute Gasteiger partial charge is 0.175 e. The minimum absolute atomic E-state index is 0.164. The second-order valence-corrected chi connectivity index (χ2v) is 11.5. The Bertz CT molecular complexity index is 1420. The summed E-state index contributed by atoms with van der Waals surface area (Å²) in [6, 6.07) is 16.4. The van der Waals surface area contributed by atoms with E-state index in [0.717, 1.165) is 15.3 Å². The molecular weight excluding hydrogens is 471 g/mol. The summed E-state index contributed by atoms with van der Waals surface area (Å²) in [4.78, 5) is 1.85. The first kappa shape index (κ1) is 22.7. The van der Waals surface area contributed by atoms with Crippen molar-refractivity contribution in [2.24, 2.45) is 0 Å². The first-order chi connectivity index (χ1) is 14.9. The SMILES string of the molecule is CC(C)(O)c1cc(-c2ccc(-c3cccc(S(C)(=O)=O)c3)s2)n(-c2cc(Cl)ccc2F)n1. The lowest BCUT2D eigenvalue weighted by molar-refractivity contribution is 0.0734. The minimum Gasteiger partial charge on any atom is -0.384 e. The van der Waals surface area contributed by atoms with Crippen molar-refractivity contribution in [3.8, 4) is 26.7 Å². The number of benzene rings is 2. The van der Waals surface area contributed by atoms with Crippen molar-refractivity contribution in [3.05, 3.63) is 77.2 Å². The zero-order valence-electron chi connectivity index (χ0n) is 17.5. The molecule has 0 aliphatic rings. The van der Waals surface area contributed by atoms with Crippen LogP contribution in [0.1, 0.15) is 19.5 Å². The summed E-state index contributed by atoms with van der Waals surface area (Å²) < 4.78 is 39.9. The average Bonchev–Trinajstić information content (AvgIpc) is 3.36. The molecule has 0 amide bonds. The van der Waals surface area contributed by atoms with Crippen molar-refractivity contribution < 1.29 is 17.9 Å². The molecule has 0 saturated heterocycles. The molecule has 2 aromatic carbocycles. The maximum atomic E-state index is 14.6. The molecule has 0 bridgehead atoms. The fraction of sp³-hybridized carbons (Fsp3) is 0.174. The van der Waals surface area contributed by atoms with Crippen LogP contribution in [0.15, 0.2) is 65.6 Å². The highest BCUT2D eigenvalue weighted by atomic mass is 35.5. The van der Waals surface area contributed by atoms with Gasteiger partial charge in [0.2, 0.25) is 0 Å². The van der Waals surface area contributed by atoms with Crippen molar-refractivity contribution in [2.45, 2.75) is 24.3 Å². The van der Waals surface area contributed by atoms with Gasteiger partial charge in [0.15, 0.2) is 9.84 Å². The van der Waals surface area contributed by atoms with Gasteiger partial charge in [-0.25, -0.2) is 17.5 Å². The Morgan fingerprint density at radius 1 is 1.06 bits per heavy atom. The Morgan fingerprint density at radius 2 is 1.78 bits per heavy atom. The number of nitrogens with zero attached hydrogens (tertiary/aromatic N) is 2. The zero-order valence-corrected chi connectivity index (χ0v) is 19.9. The van der Waals surface area contributed by atoms with Gasteiger partial charge in [0.25, 0.3) is 0 Å². The molecule has 0 aliphatic heterocycles. The third kappa shape index (κ3) is 4.49. The molecule has 0 fully saturated rings. The van der Waals surface area contributed by atoms with Gasteiger partial charge in [-0.1, -0.05) is 23.7 Å². The van der Waals surface area contributed by atoms with Gasteiger partial charge in [-0.2, -0.15) is 5.10 Å². The van der Waals surface area contributed by atoms with Crippen molar-refractivity contribution in [3.63, 3.8) is 0 Å². The molecule has 2 heterocycles. The van der Waals surface area contributed by atoms with Gasteiger partial charge < -0.3 is 5.11 Å². The van der Waals surface area contributed by atoms with E-state index < -0.39 is 21.3 Å². The van der Waals surface area contributed by atoms with E-state index in [4.69, 9.17) is 11.6 Å². The van der Waals surface area contributed by atoms with Gasteiger partial charge in [-0.15, -0.1) is 11.3 Å². The number of halogens is 2. The van der Waals surface area contributed by atoms with Crippen molar-refractivity contribution in [2.75, 3.05) is 6.26 Å². The predicted molar refractivity (Wildman–Crippen MR) is 126 cm³/mol. The summed E-state index contributed by atoms with van der Waals surface area (Å²) in [5, 5.41) is 15.3. The molecule has 0 atom stereocenters. The van der Waals surface area contributed by atoms with Crippen LogP contribution in [0, 0.1) is 5.82 Å². The molecule has 32 heavy (non-hydrogen) atoms. The Labute approximate surface area is 194 Å². The predicted octanol–water partition coefficient (Wildman–Crippen LogP) is 5.69. The number of thiophene rings is 1. The van der Waals surface area contributed by atoms with Crippen LogP contribution >= 0.6 is 22.9 Å². The second kappa shape index (κ2) is 8.12. The maximum absolute atomic E-state index is 14.6. The average molecular weight is 491 g/mol. The first-order valence-corrected chi connectivity index (χ1v) is 12.7. The molecule has 166 valence electrons. The molecule has 5 nitrogen and oxygen atoms in total. The molecular formula is C23H20ClFN2O3S2. The molecule has 2 aromatic heterocycles. The van der Waals surface area contributed by atoms with E-state index in [-0.39, 0.29) is 10.6 Å². The third-order valence-corrected chi connectivity index (χ3v) is 7.38. The number of rotatable bonds is 5. The van der Waals surface area contributed by atoms with Crippen molar-refractivity contribution in [1.29, 1.82) is 0 Å². The van der Waals surface area contributed by atoms with Crippen LogP contribution in [0.4, 0.5) is 4.39 Å². The van der Waals surface area contributed by atoms with E-state index in [1.165, 1.54) is 40.5 Å². The third-order valence-electron chi connectivity index (χ3n) is 4.88. The summed E-state index contributed by atoms with van der Waals surface area (Å²) in [5.74, 6) is -0.501. The maximum Gasteiger partial charge on any atom is 0.175 e. The Hall–Kier alpha value is -2.52. The fourth-order valence-electron chi connectivity index (χ4n) is 3.20. The number of sulfone groups is 1. The van der Waals surface area contributed by atoms with Gasteiger partial charge in [-0.05, 0) is 67.9 Å². The molecule has 0 saturated carbocycles. The normalized spacial score (nSPS) is 12.3. The Balaban J connectivity index is 1.86. The van der Waals surface area contributed by atoms with E-state index >= 15 is 0 Å². The summed E-state index contributed by atoms with van der Waals surface area (Å²) >= 11 is 7.50. The number of hydrogen-bond donors (Lipinski definition) is 1. The van der Waals surface area contributed by atoms with E-state index in [2.05, 4.69) is 5.10 Å². The molecule has 1 N–H and O–H groups in total. The van der Waals surface area contributed by atoms with Crippen molar-refractivity contribution in [1.82, 2.24) is 9.78 Å². The zero-order chi connectivity index (χ0) is 23.3. The van der Waals surface area contributed by atoms with E-state index in [1.54, 1.807) is 38.1 Å². The van der Waals surface area contributed by atoms with Crippen LogP contribution in [-0.2, 0) is 15.4 Å². The Kier molecular flexibility index (Phi) is 5.75. The highest BCUT2D eigenvalue weighted by Gasteiger charge is 2.25. The number of hydrogen-bond acceptors (Lipinski definition) is 5. The molecule has 0 unspecified atom stereocenters. The summed E-state index contributed by atoms with van der Waals surface area (Å²) in [6.45, 7) is 3.21. The highest BCUT2D eigenvalue weighted by Crippen LogP contribution is 2.38. The number of aliphatic hydroxyl groups is 1. The molecule has 0 aliphatic carbocycles. The quantitative estimate of drug-likeness (QED) is 0.390. The topological polar surface area (TPSA) is 72.2 Å². The second-order valence-electron chi connectivity index (χ2n) is 7.95. The summed E-state index contributed by atoms with van der Waals surface area (Å²) in [5.41, 5.74) is 0.641. The fourth-order valence-corrected chi connectivity index (χ4v) is 5.04. The van der Waals surface area contributed by atoms with Crippen LogP contribution in [0.2, 0.25) is 5.02 Å². The van der Waals surface area contributed by atoms with Gasteiger partial charge in [0, 0.05) is 16.2 Å². The summed E-state index contributed by atoms with van der Waals surface area (Å²) in [6.07, 6.45) is 1.17. The van der Waals surface area contributed by atoms with Crippen LogP contribution in [0.25, 0.3) is 26.7 Å². The van der Waals surface area contributed by atoms with Crippen LogP contribution < -0.4 is 0 Å². The van der Waals surface area contributed by atoms with Gasteiger partial charge in [0.1, 0.15) is 17.1 Å².